The van der Waals surface area contributed by atoms with Gasteiger partial charge in [0.2, 0.25) is 0 Å². The average molecular weight is 309 g/mol. The molecule has 3 heteroatoms. The molecule has 0 amide bonds. The van der Waals surface area contributed by atoms with E-state index in [4.69, 9.17) is 4.74 Å². The van der Waals surface area contributed by atoms with E-state index >= 15 is 0 Å². The fourth-order valence-corrected chi connectivity index (χ4v) is 3.47. The first-order valence-electron chi connectivity index (χ1n) is 8.14. The van der Waals surface area contributed by atoms with Gasteiger partial charge in [-0.15, -0.1) is 0 Å². The molecule has 0 radical (unpaired) electrons. The molecule has 0 N–H and O–H groups in total. The van der Waals surface area contributed by atoms with Gasteiger partial charge in [0.25, 0.3) is 0 Å². The highest BCUT2D eigenvalue weighted by Gasteiger charge is 2.38. The van der Waals surface area contributed by atoms with Crippen molar-refractivity contribution in [1.82, 2.24) is 4.90 Å². The lowest BCUT2D eigenvalue weighted by molar-refractivity contribution is -0.146. The number of rotatable bonds is 5. The summed E-state index contributed by atoms with van der Waals surface area (Å²) in [6.45, 7) is 2.60. The van der Waals surface area contributed by atoms with Crippen LogP contribution in [0.25, 0.3) is 0 Å². The third kappa shape index (κ3) is 3.99. The van der Waals surface area contributed by atoms with E-state index in [0.717, 1.165) is 26.1 Å². The number of carbonyl (C=O) groups is 1. The van der Waals surface area contributed by atoms with E-state index in [0.29, 0.717) is 5.92 Å². The Morgan fingerprint density at radius 2 is 1.61 bits per heavy atom. The normalized spacial score (nSPS) is 21.3. The van der Waals surface area contributed by atoms with Gasteiger partial charge in [0.05, 0.1) is 13.0 Å². The second-order valence-electron chi connectivity index (χ2n) is 6.26. The number of carbonyl (C=O) groups excluding carboxylic acids is 1. The maximum Gasteiger partial charge on any atom is 0.310 e. The van der Waals surface area contributed by atoms with Crippen molar-refractivity contribution in [1.29, 1.82) is 0 Å². The van der Waals surface area contributed by atoms with Crippen molar-refractivity contribution in [2.75, 3.05) is 20.2 Å². The molecule has 120 valence electrons. The van der Waals surface area contributed by atoms with Crippen LogP contribution in [-0.4, -0.2) is 31.1 Å². The summed E-state index contributed by atoms with van der Waals surface area (Å²) in [5.41, 5.74) is 2.57. The lowest BCUT2D eigenvalue weighted by atomic mass is 9.90. The fourth-order valence-electron chi connectivity index (χ4n) is 3.47. The summed E-state index contributed by atoms with van der Waals surface area (Å²) in [6.07, 6.45) is 0.923. The summed E-state index contributed by atoms with van der Waals surface area (Å²) >= 11 is 0. The topological polar surface area (TPSA) is 29.5 Å². The SMILES string of the molecule is COC(=O)[C@@H]1CN(Cc2ccccc2)C[C@H]1Cc1ccccc1. The highest BCUT2D eigenvalue weighted by atomic mass is 16.5. The zero-order valence-electron chi connectivity index (χ0n) is 13.5. The molecule has 2 aromatic carbocycles. The van der Waals surface area contributed by atoms with Crippen LogP contribution in [0.4, 0.5) is 0 Å². The molecule has 2 aromatic rings. The highest BCUT2D eigenvalue weighted by Crippen LogP contribution is 2.29. The summed E-state index contributed by atoms with van der Waals surface area (Å²) in [7, 11) is 1.49. The van der Waals surface area contributed by atoms with E-state index in [1.807, 2.05) is 12.1 Å². The van der Waals surface area contributed by atoms with Crippen LogP contribution in [-0.2, 0) is 22.5 Å². The first-order valence-corrected chi connectivity index (χ1v) is 8.14. The van der Waals surface area contributed by atoms with Crippen molar-refractivity contribution in [2.24, 2.45) is 11.8 Å². The lowest BCUT2D eigenvalue weighted by Crippen LogP contribution is -2.25. The molecule has 3 rings (SSSR count). The Morgan fingerprint density at radius 1 is 1.00 bits per heavy atom. The zero-order chi connectivity index (χ0) is 16.1. The van der Waals surface area contributed by atoms with Crippen molar-refractivity contribution >= 4 is 5.97 Å². The number of methoxy groups -OCH3 is 1. The number of benzene rings is 2. The minimum Gasteiger partial charge on any atom is -0.469 e. The molecular weight excluding hydrogens is 286 g/mol. The maximum absolute atomic E-state index is 12.2. The number of likely N-dealkylation sites (tertiary alicyclic amines) is 1. The summed E-state index contributed by atoms with van der Waals surface area (Å²) in [6, 6.07) is 20.8. The molecule has 0 aromatic heterocycles. The van der Waals surface area contributed by atoms with Crippen LogP contribution in [0.2, 0.25) is 0 Å². The maximum atomic E-state index is 12.2. The van der Waals surface area contributed by atoms with E-state index in [-0.39, 0.29) is 11.9 Å². The van der Waals surface area contributed by atoms with Gasteiger partial charge in [-0.05, 0) is 23.5 Å². The van der Waals surface area contributed by atoms with E-state index in [9.17, 15) is 4.79 Å². The Labute approximate surface area is 137 Å². The van der Waals surface area contributed by atoms with Crippen LogP contribution < -0.4 is 0 Å². The molecule has 23 heavy (non-hydrogen) atoms. The van der Waals surface area contributed by atoms with Crippen LogP contribution in [0.1, 0.15) is 11.1 Å². The van der Waals surface area contributed by atoms with Crippen LogP contribution in [0.5, 0.6) is 0 Å². The number of esters is 1. The van der Waals surface area contributed by atoms with Gasteiger partial charge in [-0.3, -0.25) is 9.69 Å². The van der Waals surface area contributed by atoms with Crippen molar-refractivity contribution in [3.8, 4) is 0 Å². The number of hydrogen-bond donors (Lipinski definition) is 0. The molecule has 0 bridgehead atoms. The molecular formula is C20H23NO2. The largest absolute Gasteiger partial charge is 0.469 e. The van der Waals surface area contributed by atoms with Crippen LogP contribution in [0, 0.1) is 11.8 Å². The number of nitrogens with zero attached hydrogens (tertiary/aromatic N) is 1. The smallest absolute Gasteiger partial charge is 0.310 e. The van der Waals surface area contributed by atoms with Crippen molar-refractivity contribution in [3.05, 3.63) is 71.8 Å². The second kappa shape index (κ2) is 7.42. The van der Waals surface area contributed by atoms with Crippen LogP contribution >= 0.6 is 0 Å². The summed E-state index contributed by atoms with van der Waals surface area (Å²) in [5.74, 6) is 0.193. The Balaban J connectivity index is 1.70. The first kappa shape index (κ1) is 15.8. The Kier molecular flexibility index (Phi) is 5.09. The molecule has 1 heterocycles. The predicted molar refractivity (Wildman–Crippen MR) is 90.9 cm³/mol. The van der Waals surface area contributed by atoms with Gasteiger partial charge in [0.1, 0.15) is 0 Å². The molecule has 0 spiro atoms. The molecule has 1 saturated heterocycles. The van der Waals surface area contributed by atoms with Crippen molar-refractivity contribution in [3.63, 3.8) is 0 Å². The summed E-state index contributed by atoms with van der Waals surface area (Å²) < 4.78 is 5.04. The lowest BCUT2D eigenvalue weighted by Gasteiger charge is -2.16. The Hall–Kier alpha value is -2.13. The molecule has 0 unspecified atom stereocenters. The minimum atomic E-state index is -0.0820. The molecule has 3 nitrogen and oxygen atoms in total. The summed E-state index contributed by atoms with van der Waals surface area (Å²) in [4.78, 5) is 14.5. The monoisotopic (exact) mass is 309 g/mol. The van der Waals surface area contributed by atoms with Gasteiger partial charge >= 0.3 is 5.97 Å². The molecule has 0 saturated carbocycles. The summed E-state index contributed by atoms with van der Waals surface area (Å²) in [5, 5.41) is 0. The van der Waals surface area contributed by atoms with Gasteiger partial charge in [0, 0.05) is 19.6 Å². The van der Waals surface area contributed by atoms with Gasteiger partial charge < -0.3 is 4.74 Å². The van der Waals surface area contributed by atoms with Gasteiger partial charge in [-0.2, -0.15) is 0 Å². The highest BCUT2D eigenvalue weighted by molar-refractivity contribution is 5.73. The van der Waals surface area contributed by atoms with Gasteiger partial charge in [-0.1, -0.05) is 60.7 Å². The molecule has 2 atom stereocenters. The quantitative estimate of drug-likeness (QED) is 0.795. The van der Waals surface area contributed by atoms with Crippen LogP contribution in [0.3, 0.4) is 0 Å². The van der Waals surface area contributed by atoms with E-state index in [1.165, 1.54) is 18.2 Å². The zero-order valence-corrected chi connectivity index (χ0v) is 13.5. The number of ether oxygens (including phenoxy) is 1. The van der Waals surface area contributed by atoms with Crippen LogP contribution in [0.15, 0.2) is 60.7 Å². The van der Waals surface area contributed by atoms with Crippen molar-refractivity contribution < 1.29 is 9.53 Å². The van der Waals surface area contributed by atoms with E-state index < -0.39 is 0 Å². The third-order valence-corrected chi connectivity index (χ3v) is 4.61. The van der Waals surface area contributed by atoms with E-state index in [1.54, 1.807) is 0 Å². The third-order valence-electron chi connectivity index (χ3n) is 4.61. The molecule has 1 aliphatic heterocycles. The second-order valence-corrected chi connectivity index (χ2v) is 6.26. The van der Waals surface area contributed by atoms with Gasteiger partial charge in [0.15, 0.2) is 0 Å². The molecule has 1 fully saturated rings. The fraction of sp³-hybridized carbons (Fsp3) is 0.350. The standard InChI is InChI=1S/C20H23NO2/c1-23-20(22)19-15-21(13-17-10-6-3-7-11-17)14-18(19)12-16-8-4-2-5-9-16/h2-11,18-19H,12-15H2,1H3/t18-,19-/m1/s1. The Morgan fingerprint density at radius 3 is 2.22 bits per heavy atom. The number of hydrogen-bond acceptors (Lipinski definition) is 3. The van der Waals surface area contributed by atoms with Crippen molar-refractivity contribution in [2.45, 2.75) is 13.0 Å². The molecule has 1 aliphatic rings. The average Bonchev–Trinajstić information content (AvgIpc) is 2.98. The Bertz CT molecular complexity index is 627. The first-order chi connectivity index (χ1) is 11.3. The minimum absolute atomic E-state index is 0.0380. The van der Waals surface area contributed by atoms with Gasteiger partial charge in [-0.25, -0.2) is 0 Å². The predicted octanol–water partition coefficient (Wildman–Crippen LogP) is 3.15. The van der Waals surface area contributed by atoms with E-state index in [2.05, 4.69) is 53.4 Å². The molecule has 0 aliphatic carbocycles.